The van der Waals surface area contributed by atoms with E-state index in [4.69, 9.17) is 26.8 Å². The number of aromatic carboxylic acids is 1. The fourth-order valence-corrected chi connectivity index (χ4v) is 6.53. The van der Waals surface area contributed by atoms with Crippen LogP contribution in [0.1, 0.15) is 21.5 Å². The first-order valence-corrected chi connectivity index (χ1v) is 15.4. The molecule has 0 radical (unpaired) electrons. The Morgan fingerprint density at radius 3 is 2.65 bits per heavy atom. The van der Waals surface area contributed by atoms with Crippen molar-refractivity contribution in [2.45, 2.75) is 6.42 Å². The van der Waals surface area contributed by atoms with Gasteiger partial charge in [0.2, 0.25) is 0 Å². The Labute approximate surface area is 259 Å². The molecule has 2 N–H and O–H groups in total. The van der Waals surface area contributed by atoms with Gasteiger partial charge in [0, 0.05) is 43.5 Å². The largest absolute Gasteiger partial charge is 0.492 e. The van der Waals surface area contributed by atoms with Crippen LogP contribution in [0.25, 0.3) is 28.1 Å². The second-order valence-corrected chi connectivity index (χ2v) is 12.1. The maximum atomic E-state index is 13.3. The number of nitrogens with one attached hydrogen (secondary N) is 1. The van der Waals surface area contributed by atoms with Crippen molar-refractivity contribution in [1.29, 1.82) is 0 Å². The third kappa shape index (κ3) is 6.83. The smallest absolute Gasteiger partial charge is 0.335 e. The molecule has 0 bridgehead atoms. The summed E-state index contributed by atoms with van der Waals surface area (Å²) in [5.41, 5.74) is 5.12. The summed E-state index contributed by atoms with van der Waals surface area (Å²) in [4.78, 5) is 32.2. The minimum atomic E-state index is -0.964. The summed E-state index contributed by atoms with van der Waals surface area (Å²) >= 11 is 6.85. The number of thioether (sulfide) groups is 1. The van der Waals surface area contributed by atoms with Crippen LogP contribution in [-0.4, -0.2) is 82.1 Å². The van der Waals surface area contributed by atoms with Crippen LogP contribution in [0.4, 0.5) is 0 Å². The van der Waals surface area contributed by atoms with E-state index >= 15 is 0 Å². The molecule has 10 heteroatoms. The summed E-state index contributed by atoms with van der Waals surface area (Å²) in [6.07, 6.45) is 4.39. The summed E-state index contributed by atoms with van der Waals surface area (Å²) in [5, 5.41) is 10.2. The number of benzene rings is 3. The van der Waals surface area contributed by atoms with Crippen LogP contribution < -0.4 is 4.74 Å². The summed E-state index contributed by atoms with van der Waals surface area (Å²) in [6, 6.07) is 21.0. The van der Waals surface area contributed by atoms with E-state index < -0.39 is 5.97 Å². The lowest BCUT2D eigenvalue weighted by Crippen LogP contribution is -2.38. The zero-order valence-electron chi connectivity index (χ0n) is 23.5. The Hall–Kier alpha value is -3.96. The first-order chi connectivity index (χ1) is 20.9. The molecule has 220 valence electrons. The topological polar surface area (TPSA) is 95.1 Å². The highest BCUT2D eigenvalue weighted by Crippen LogP contribution is 2.36. The van der Waals surface area contributed by atoms with E-state index in [-0.39, 0.29) is 11.5 Å². The van der Waals surface area contributed by atoms with E-state index in [2.05, 4.69) is 34.1 Å². The normalized spacial score (nSPS) is 16.8. The van der Waals surface area contributed by atoms with Gasteiger partial charge >= 0.3 is 5.97 Å². The van der Waals surface area contributed by atoms with Crippen molar-refractivity contribution in [3.8, 4) is 16.9 Å². The Morgan fingerprint density at radius 2 is 1.86 bits per heavy atom. The molecule has 4 aromatic rings. The highest BCUT2D eigenvalue weighted by molar-refractivity contribution is 8.26. The Kier molecular flexibility index (Phi) is 8.90. The van der Waals surface area contributed by atoms with Gasteiger partial charge in [0.15, 0.2) is 0 Å². The quantitative estimate of drug-likeness (QED) is 0.174. The lowest BCUT2D eigenvalue weighted by molar-refractivity contribution is -0.122. The van der Waals surface area contributed by atoms with Crippen molar-refractivity contribution >= 4 is 57.2 Å². The third-order valence-electron chi connectivity index (χ3n) is 7.63. The van der Waals surface area contributed by atoms with Crippen molar-refractivity contribution in [2.75, 3.05) is 46.0 Å². The van der Waals surface area contributed by atoms with Gasteiger partial charge in [-0.1, -0.05) is 48.2 Å². The average molecular weight is 614 g/mol. The molecule has 3 aromatic carbocycles. The number of carboxylic acids is 1. The van der Waals surface area contributed by atoms with Gasteiger partial charge in [-0.25, -0.2) is 4.79 Å². The van der Waals surface area contributed by atoms with Gasteiger partial charge in [-0.2, -0.15) is 0 Å². The first-order valence-electron chi connectivity index (χ1n) is 14.2. The van der Waals surface area contributed by atoms with Gasteiger partial charge in [0.1, 0.15) is 16.7 Å². The van der Waals surface area contributed by atoms with Gasteiger partial charge in [-0.15, -0.1) is 0 Å². The number of nitrogens with zero attached hydrogens (tertiary/aromatic N) is 2. The summed E-state index contributed by atoms with van der Waals surface area (Å²) in [6.45, 7) is 5.14. The van der Waals surface area contributed by atoms with Crippen LogP contribution >= 0.6 is 24.0 Å². The molecule has 0 aliphatic carbocycles. The van der Waals surface area contributed by atoms with E-state index in [1.165, 1.54) is 11.8 Å². The number of amides is 1. The number of aromatic amines is 1. The second-order valence-electron chi connectivity index (χ2n) is 10.4. The fourth-order valence-electron chi connectivity index (χ4n) is 5.22. The Bertz CT molecular complexity index is 1690. The number of morpholine rings is 1. The molecule has 3 heterocycles. The number of carbonyl (C=O) groups excluding carboxylic acids is 1. The van der Waals surface area contributed by atoms with Gasteiger partial charge in [0.25, 0.3) is 5.91 Å². The molecule has 1 amide bonds. The summed E-state index contributed by atoms with van der Waals surface area (Å²) in [5.74, 6) is -0.297. The van der Waals surface area contributed by atoms with Crippen LogP contribution in [0.3, 0.4) is 0 Å². The minimum Gasteiger partial charge on any atom is -0.492 e. The van der Waals surface area contributed by atoms with E-state index in [1.807, 2.05) is 30.5 Å². The molecule has 2 fully saturated rings. The van der Waals surface area contributed by atoms with Gasteiger partial charge < -0.3 is 19.6 Å². The first kappa shape index (κ1) is 29.1. The van der Waals surface area contributed by atoms with Gasteiger partial charge in [0.05, 0.1) is 23.7 Å². The number of fused-ring (bicyclic) bond motifs is 1. The number of hydrogen-bond donors (Lipinski definition) is 2. The van der Waals surface area contributed by atoms with Crippen molar-refractivity contribution in [3.05, 3.63) is 94.5 Å². The molecule has 2 saturated heterocycles. The number of thiocarbonyl (C=S) groups is 1. The van der Waals surface area contributed by atoms with Crippen LogP contribution in [-0.2, 0) is 16.0 Å². The summed E-state index contributed by atoms with van der Waals surface area (Å²) < 4.78 is 12.3. The lowest BCUT2D eigenvalue weighted by atomic mass is 10.00. The number of aromatic nitrogens is 1. The fraction of sp³-hybridized carbons (Fsp3) is 0.242. The zero-order valence-corrected chi connectivity index (χ0v) is 25.1. The zero-order chi connectivity index (χ0) is 29.8. The van der Waals surface area contributed by atoms with Crippen LogP contribution in [0.2, 0.25) is 0 Å². The number of hydrogen-bond acceptors (Lipinski definition) is 7. The highest BCUT2D eigenvalue weighted by atomic mass is 32.2. The standard InChI is InChI=1S/C33H31N3O5S2/c37-31-30(43-33(42)36(31)12-10-22-1-4-24(5-2-22)32(38)39)20-23-3-8-29(41-18-15-35-13-16-40-17-14-35)27(19-23)25-6-7-28-26(21-25)9-11-34-28/h1-9,11,19-21,34H,10,12-18H2,(H,38,39)/b30-20-. The SMILES string of the molecule is O=C(O)c1ccc(CCN2C(=O)/C(=C/c3ccc(OCCN4CCOCC4)c(-c4ccc5[nH]ccc5c4)c3)SC2=S)cc1. The predicted molar refractivity (Wildman–Crippen MR) is 173 cm³/mol. The van der Waals surface area contributed by atoms with Gasteiger partial charge in [-0.3, -0.25) is 14.6 Å². The number of carbonyl (C=O) groups is 2. The number of carboxylic acid groups (broad SMARTS) is 1. The predicted octanol–water partition coefficient (Wildman–Crippen LogP) is 5.69. The molecule has 2 aliphatic heterocycles. The van der Waals surface area contributed by atoms with Gasteiger partial charge in [-0.05, 0) is 77.0 Å². The molecule has 2 aliphatic rings. The van der Waals surface area contributed by atoms with Crippen LogP contribution in [0.5, 0.6) is 5.75 Å². The third-order valence-corrected chi connectivity index (χ3v) is 9.01. The molecule has 1 aromatic heterocycles. The van der Waals surface area contributed by atoms with E-state index in [1.54, 1.807) is 29.2 Å². The minimum absolute atomic E-state index is 0.127. The van der Waals surface area contributed by atoms with Crippen LogP contribution in [0.15, 0.2) is 77.8 Å². The molecule has 0 atom stereocenters. The molecule has 43 heavy (non-hydrogen) atoms. The highest BCUT2D eigenvalue weighted by Gasteiger charge is 2.31. The van der Waals surface area contributed by atoms with E-state index in [9.17, 15) is 9.59 Å². The molecule has 0 unspecified atom stereocenters. The van der Waals surface area contributed by atoms with Crippen molar-refractivity contribution in [3.63, 3.8) is 0 Å². The monoisotopic (exact) mass is 613 g/mol. The maximum Gasteiger partial charge on any atom is 0.335 e. The van der Waals surface area contributed by atoms with E-state index in [0.29, 0.717) is 28.8 Å². The molecular formula is C33H31N3O5S2. The average Bonchev–Trinajstić information content (AvgIpc) is 3.60. The number of rotatable bonds is 10. The Morgan fingerprint density at radius 1 is 1.05 bits per heavy atom. The van der Waals surface area contributed by atoms with Crippen LogP contribution in [0, 0.1) is 0 Å². The van der Waals surface area contributed by atoms with Crippen molar-refractivity contribution in [2.24, 2.45) is 0 Å². The molecule has 6 rings (SSSR count). The summed E-state index contributed by atoms with van der Waals surface area (Å²) in [7, 11) is 0. The lowest BCUT2D eigenvalue weighted by Gasteiger charge is -2.26. The maximum absolute atomic E-state index is 13.3. The molecule has 8 nitrogen and oxygen atoms in total. The van der Waals surface area contributed by atoms with Crippen molar-refractivity contribution < 1.29 is 24.2 Å². The Balaban J connectivity index is 1.20. The molecule has 0 spiro atoms. The van der Waals surface area contributed by atoms with Crippen molar-refractivity contribution in [1.82, 2.24) is 14.8 Å². The molecular weight excluding hydrogens is 583 g/mol. The number of ether oxygens (including phenoxy) is 2. The second kappa shape index (κ2) is 13.1. The number of H-pyrrole nitrogens is 1. The van der Waals surface area contributed by atoms with E-state index in [0.717, 1.165) is 71.8 Å². The molecule has 0 saturated carbocycles.